The van der Waals surface area contributed by atoms with Gasteiger partial charge in [-0.05, 0) is 0 Å². The number of hydrogen-bond donors (Lipinski definition) is 0. The topological polar surface area (TPSA) is 57.7 Å². The Bertz CT molecular complexity index is 316. The van der Waals surface area contributed by atoms with Gasteiger partial charge in [0.15, 0.2) is 0 Å². The van der Waals surface area contributed by atoms with Gasteiger partial charge >= 0.3 is 5.76 Å². The molecular weight excluding hydrogens is 206 g/mol. The normalized spacial score (nSPS) is 20.3. The molecule has 1 heterocycles. The Morgan fingerprint density at radius 3 is 2.31 bits per heavy atom. The molecule has 0 bridgehead atoms. The molecule has 8 heteroatoms. The molecule has 0 aromatic rings. The summed E-state index contributed by atoms with van der Waals surface area (Å²) in [6.45, 7) is -0.797. The highest BCUT2D eigenvalue weighted by Gasteiger charge is 2.38. The molecule has 13 heavy (non-hydrogen) atoms. The Balaban J connectivity index is 2.83. The van der Waals surface area contributed by atoms with Crippen molar-refractivity contribution in [1.82, 2.24) is 9.21 Å². The lowest BCUT2D eigenvalue weighted by Crippen LogP contribution is -2.34. The highest BCUT2D eigenvalue weighted by molar-refractivity contribution is 7.89. The van der Waals surface area contributed by atoms with Gasteiger partial charge < -0.3 is 4.90 Å². The zero-order valence-corrected chi connectivity index (χ0v) is 7.59. The van der Waals surface area contributed by atoms with Crippen molar-refractivity contribution >= 4 is 15.9 Å². The third-order valence-corrected chi connectivity index (χ3v) is 3.11. The van der Waals surface area contributed by atoms with Crippen LogP contribution in [-0.2, 0) is 14.8 Å². The summed E-state index contributed by atoms with van der Waals surface area (Å²) in [4.78, 5) is 11.9. The van der Waals surface area contributed by atoms with E-state index in [0.29, 0.717) is 4.31 Å². The number of alkyl halides is 2. The first kappa shape index (κ1) is 10.3. The van der Waals surface area contributed by atoms with E-state index in [1.54, 1.807) is 0 Å². The van der Waals surface area contributed by atoms with Crippen molar-refractivity contribution in [2.45, 2.75) is 5.76 Å². The van der Waals surface area contributed by atoms with Crippen molar-refractivity contribution in [1.29, 1.82) is 0 Å². The second-order valence-corrected chi connectivity index (χ2v) is 4.55. The van der Waals surface area contributed by atoms with E-state index in [1.165, 1.54) is 7.05 Å². The van der Waals surface area contributed by atoms with E-state index in [9.17, 15) is 22.0 Å². The maximum atomic E-state index is 12.0. The largest absolute Gasteiger partial charge is 0.350 e. The highest BCUT2D eigenvalue weighted by Crippen LogP contribution is 2.16. The second kappa shape index (κ2) is 3.18. The number of likely N-dealkylation sites (N-methyl/N-ethyl adjacent to an activating group) is 1. The minimum absolute atomic E-state index is 0.300. The first-order chi connectivity index (χ1) is 5.85. The molecule has 1 amide bonds. The van der Waals surface area contributed by atoms with E-state index in [-0.39, 0.29) is 6.67 Å². The fraction of sp³-hybridized carbons (Fsp3) is 0.800. The smallest absolute Gasteiger partial charge is 0.331 e. The number of amides is 1. The zero-order chi connectivity index (χ0) is 10.2. The molecule has 0 radical (unpaired) electrons. The molecule has 1 aliphatic heterocycles. The van der Waals surface area contributed by atoms with Gasteiger partial charge in [0.1, 0.15) is 0 Å². The van der Waals surface area contributed by atoms with Crippen LogP contribution in [0.2, 0.25) is 0 Å². The number of rotatable bonds is 2. The number of carbonyl (C=O) groups is 1. The van der Waals surface area contributed by atoms with Crippen LogP contribution in [-0.4, -0.2) is 49.5 Å². The van der Waals surface area contributed by atoms with Crippen molar-refractivity contribution in [3.63, 3.8) is 0 Å². The summed E-state index contributed by atoms with van der Waals surface area (Å²) in [5.41, 5.74) is 0. The van der Waals surface area contributed by atoms with Gasteiger partial charge in [-0.15, -0.1) is 0 Å². The Morgan fingerprint density at radius 1 is 1.46 bits per heavy atom. The van der Waals surface area contributed by atoms with E-state index < -0.39 is 28.2 Å². The molecule has 0 aromatic carbocycles. The van der Waals surface area contributed by atoms with Gasteiger partial charge in [0.05, 0.1) is 13.2 Å². The van der Waals surface area contributed by atoms with Gasteiger partial charge in [0.2, 0.25) is 5.91 Å². The lowest BCUT2D eigenvalue weighted by Gasteiger charge is -2.13. The van der Waals surface area contributed by atoms with Crippen molar-refractivity contribution in [2.75, 3.05) is 20.3 Å². The second-order valence-electron chi connectivity index (χ2n) is 2.65. The molecule has 1 aliphatic rings. The molecular formula is C5H8F2N2O3S. The van der Waals surface area contributed by atoms with Gasteiger partial charge in [-0.3, -0.25) is 4.79 Å². The zero-order valence-electron chi connectivity index (χ0n) is 6.77. The summed E-state index contributed by atoms with van der Waals surface area (Å²) < 4.78 is 46.0. The Morgan fingerprint density at radius 2 is 2.00 bits per heavy atom. The summed E-state index contributed by atoms with van der Waals surface area (Å²) in [7, 11) is -3.25. The Labute approximate surface area is 74.0 Å². The predicted octanol–water partition coefficient (Wildman–Crippen LogP) is -0.730. The summed E-state index contributed by atoms with van der Waals surface area (Å²) in [6, 6.07) is 0. The SMILES string of the molecule is CN1CN(S(=O)(=O)C(F)F)CC1=O. The average Bonchev–Trinajstić information content (AvgIpc) is 2.32. The van der Waals surface area contributed by atoms with Crippen LogP contribution in [0.1, 0.15) is 0 Å². The number of sulfonamides is 1. The summed E-state index contributed by atoms with van der Waals surface area (Å²) in [6.07, 6.45) is 0. The maximum absolute atomic E-state index is 12.0. The minimum Gasteiger partial charge on any atom is -0.331 e. The molecule has 1 saturated heterocycles. The molecule has 1 rings (SSSR count). The van der Waals surface area contributed by atoms with Gasteiger partial charge in [0, 0.05) is 7.05 Å². The van der Waals surface area contributed by atoms with Crippen LogP contribution in [0.4, 0.5) is 8.78 Å². The van der Waals surface area contributed by atoms with E-state index >= 15 is 0 Å². The lowest BCUT2D eigenvalue weighted by molar-refractivity contribution is -0.125. The first-order valence-electron chi connectivity index (χ1n) is 3.37. The van der Waals surface area contributed by atoms with Crippen LogP contribution in [0.25, 0.3) is 0 Å². The molecule has 0 unspecified atom stereocenters. The summed E-state index contributed by atoms with van der Waals surface area (Å²) in [5, 5.41) is 0. The molecule has 0 N–H and O–H groups in total. The van der Waals surface area contributed by atoms with Crippen molar-refractivity contribution in [3.8, 4) is 0 Å². The molecule has 0 spiro atoms. The monoisotopic (exact) mass is 214 g/mol. The van der Waals surface area contributed by atoms with Crippen molar-refractivity contribution < 1.29 is 22.0 Å². The van der Waals surface area contributed by atoms with Crippen LogP contribution in [0.5, 0.6) is 0 Å². The van der Waals surface area contributed by atoms with Crippen LogP contribution in [0.15, 0.2) is 0 Å². The van der Waals surface area contributed by atoms with Crippen molar-refractivity contribution in [3.05, 3.63) is 0 Å². The van der Waals surface area contributed by atoms with Crippen molar-refractivity contribution in [2.24, 2.45) is 0 Å². The molecule has 5 nitrogen and oxygen atoms in total. The quantitative estimate of drug-likeness (QED) is 0.609. The van der Waals surface area contributed by atoms with E-state index in [4.69, 9.17) is 0 Å². The van der Waals surface area contributed by atoms with Gasteiger partial charge in [-0.25, -0.2) is 8.42 Å². The van der Waals surface area contributed by atoms with Crippen LogP contribution in [0.3, 0.4) is 0 Å². The van der Waals surface area contributed by atoms with E-state index in [1.807, 2.05) is 0 Å². The van der Waals surface area contributed by atoms with Gasteiger partial charge in [-0.1, -0.05) is 0 Å². The number of hydrogen-bond acceptors (Lipinski definition) is 3. The van der Waals surface area contributed by atoms with Crippen LogP contribution < -0.4 is 0 Å². The molecule has 0 aromatic heterocycles. The predicted molar refractivity (Wildman–Crippen MR) is 39.3 cm³/mol. The standard InChI is InChI=1S/C5H8F2N2O3S/c1-8-3-9(2-4(8)10)13(11,12)5(6)7/h5H,2-3H2,1H3. The van der Waals surface area contributed by atoms with Gasteiger partial charge in [0.25, 0.3) is 10.0 Å². The third-order valence-electron chi connectivity index (χ3n) is 1.69. The number of carbonyl (C=O) groups excluding carboxylic acids is 1. The molecule has 0 saturated carbocycles. The lowest BCUT2D eigenvalue weighted by atomic mass is 10.6. The average molecular weight is 214 g/mol. The van der Waals surface area contributed by atoms with E-state index in [0.717, 1.165) is 4.90 Å². The Kier molecular flexibility index (Phi) is 2.53. The minimum atomic E-state index is -4.60. The van der Waals surface area contributed by atoms with Gasteiger partial charge in [-0.2, -0.15) is 13.1 Å². The highest BCUT2D eigenvalue weighted by atomic mass is 32.2. The fourth-order valence-corrected chi connectivity index (χ4v) is 1.77. The third kappa shape index (κ3) is 1.78. The molecule has 76 valence electrons. The summed E-state index contributed by atoms with van der Waals surface area (Å²) >= 11 is 0. The van der Waals surface area contributed by atoms with E-state index in [2.05, 4.69) is 0 Å². The van der Waals surface area contributed by atoms with Crippen LogP contribution >= 0.6 is 0 Å². The number of halogens is 2. The summed E-state index contributed by atoms with van der Waals surface area (Å²) in [5.74, 6) is -3.95. The Hall–Kier alpha value is -0.760. The molecule has 1 fully saturated rings. The molecule has 0 aliphatic carbocycles. The number of nitrogens with zero attached hydrogens (tertiary/aromatic N) is 2. The maximum Gasteiger partial charge on any atom is 0.350 e. The first-order valence-corrected chi connectivity index (χ1v) is 4.87. The molecule has 0 atom stereocenters. The fourth-order valence-electron chi connectivity index (χ4n) is 0.920. The van der Waals surface area contributed by atoms with Crippen LogP contribution in [0, 0.1) is 0 Å².